The van der Waals surface area contributed by atoms with Gasteiger partial charge in [-0.15, -0.1) is 0 Å². The molecule has 150 valence electrons. The summed E-state index contributed by atoms with van der Waals surface area (Å²) < 4.78 is 0. The molecule has 1 heterocycles. The van der Waals surface area contributed by atoms with E-state index in [9.17, 15) is 5.11 Å². The fraction of sp³-hybridized carbons (Fsp3) is 0.409. The maximum atomic E-state index is 10.4. The molecule has 3 rings (SSSR count). The molecule has 0 aromatic heterocycles. The van der Waals surface area contributed by atoms with Crippen molar-refractivity contribution in [3.05, 3.63) is 65.2 Å². The second kappa shape index (κ2) is 10.3. The Balaban J connectivity index is 1.53. The fourth-order valence-corrected chi connectivity index (χ4v) is 3.53. The van der Waals surface area contributed by atoms with E-state index in [-0.39, 0.29) is 0 Å². The highest BCUT2D eigenvalue weighted by Crippen LogP contribution is 2.20. The van der Waals surface area contributed by atoms with E-state index in [0.717, 1.165) is 44.0 Å². The monoisotopic (exact) mass is 400 g/mol. The molecule has 6 heteroatoms. The zero-order chi connectivity index (χ0) is 19.8. The van der Waals surface area contributed by atoms with Crippen LogP contribution in [-0.4, -0.2) is 43.3 Å². The summed E-state index contributed by atoms with van der Waals surface area (Å²) in [5, 5.41) is 17.9. The number of piperidine rings is 1. The normalized spacial score (nSPS) is 16.7. The Morgan fingerprint density at radius 1 is 1.14 bits per heavy atom. The van der Waals surface area contributed by atoms with Crippen LogP contribution in [0, 0.1) is 0 Å². The fourth-order valence-electron chi connectivity index (χ4n) is 3.40. The highest BCUT2D eigenvalue weighted by atomic mass is 35.5. The molecular weight excluding hydrogens is 372 g/mol. The van der Waals surface area contributed by atoms with E-state index in [4.69, 9.17) is 11.6 Å². The summed E-state index contributed by atoms with van der Waals surface area (Å²) in [6.07, 6.45) is 1.46. The van der Waals surface area contributed by atoms with E-state index in [1.807, 2.05) is 19.1 Å². The molecule has 3 N–H and O–H groups in total. The molecule has 1 aliphatic heterocycles. The van der Waals surface area contributed by atoms with Crippen LogP contribution in [0.2, 0.25) is 5.02 Å². The van der Waals surface area contributed by atoms with Crippen molar-refractivity contribution in [3.63, 3.8) is 0 Å². The van der Waals surface area contributed by atoms with Crippen LogP contribution in [0.1, 0.15) is 31.4 Å². The summed E-state index contributed by atoms with van der Waals surface area (Å²) in [6.45, 7) is 5.18. The number of para-hydroxylation sites is 1. The summed E-state index contributed by atoms with van der Waals surface area (Å²) in [5.41, 5.74) is 2.10. The van der Waals surface area contributed by atoms with Gasteiger partial charge >= 0.3 is 0 Å². The van der Waals surface area contributed by atoms with Gasteiger partial charge in [0.2, 0.25) is 0 Å². The first-order valence-electron chi connectivity index (χ1n) is 9.94. The van der Waals surface area contributed by atoms with Gasteiger partial charge in [0, 0.05) is 36.4 Å². The van der Waals surface area contributed by atoms with E-state index in [2.05, 4.69) is 50.9 Å². The van der Waals surface area contributed by atoms with Crippen molar-refractivity contribution in [1.82, 2.24) is 10.6 Å². The lowest BCUT2D eigenvalue weighted by Gasteiger charge is -2.34. The van der Waals surface area contributed by atoms with Crippen molar-refractivity contribution in [2.24, 2.45) is 4.99 Å². The molecule has 0 spiro atoms. The Kier molecular flexibility index (Phi) is 7.57. The number of nitrogens with one attached hydrogen (secondary N) is 2. The number of hydrogen-bond acceptors (Lipinski definition) is 3. The number of nitrogens with zero attached hydrogens (tertiary/aromatic N) is 2. The van der Waals surface area contributed by atoms with Crippen LogP contribution < -0.4 is 15.5 Å². The summed E-state index contributed by atoms with van der Waals surface area (Å²) in [6, 6.07) is 18.2. The molecule has 5 nitrogen and oxygen atoms in total. The van der Waals surface area contributed by atoms with Gasteiger partial charge in [-0.25, -0.2) is 0 Å². The van der Waals surface area contributed by atoms with Crippen LogP contribution >= 0.6 is 11.6 Å². The number of guanidine groups is 1. The number of hydrogen-bond donors (Lipinski definition) is 3. The Labute approximate surface area is 172 Å². The highest BCUT2D eigenvalue weighted by Gasteiger charge is 2.20. The van der Waals surface area contributed by atoms with E-state index in [1.165, 1.54) is 5.69 Å². The minimum Gasteiger partial charge on any atom is -0.386 e. The molecule has 2 aromatic carbocycles. The smallest absolute Gasteiger partial charge is 0.191 e. The maximum Gasteiger partial charge on any atom is 0.191 e. The van der Waals surface area contributed by atoms with E-state index >= 15 is 0 Å². The summed E-state index contributed by atoms with van der Waals surface area (Å²) in [7, 11) is 0. The van der Waals surface area contributed by atoms with E-state index in [0.29, 0.717) is 17.6 Å². The van der Waals surface area contributed by atoms with Gasteiger partial charge in [0.05, 0.1) is 12.6 Å². The second-order valence-electron chi connectivity index (χ2n) is 7.03. The van der Waals surface area contributed by atoms with Crippen LogP contribution in [0.3, 0.4) is 0 Å². The van der Waals surface area contributed by atoms with Gasteiger partial charge in [-0.1, -0.05) is 41.9 Å². The van der Waals surface area contributed by atoms with Crippen LogP contribution in [0.5, 0.6) is 0 Å². The standard InChI is InChI=1S/C22H29ClN4O/c1-2-24-22(25-16-21(28)17-8-10-18(23)11-9-17)26-19-12-14-27(15-13-19)20-6-4-3-5-7-20/h3-11,19,21,28H,2,12-16H2,1H3,(H2,24,25,26). The Hall–Kier alpha value is -2.24. The van der Waals surface area contributed by atoms with Crippen molar-refractivity contribution in [2.45, 2.75) is 31.9 Å². The van der Waals surface area contributed by atoms with Gasteiger partial charge in [0.25, 0.3) is 0 Å². The Bertz CT molecular complexity index is 743. The zero-order valence-electron chi connectivity index (χ0n) is 16.3. The maximum absolute atomic E-state index is 10.4. The molecule has 1 aliphatic rings. The third kappa shape index (κ3) is 5.88. The first-order chi connectivity index (χ1) is 13.7. The van der Waals surface area contributed by atoms with Crippen molar-refractivity contribution in [3.8, 4) is 0 Å². The number of benzene rings is 2. The molecule has 1 atom stereocenters. The van der Waals surface area contributed by atoms with Gasteiger partial charge in [0.1, 0.15) is 0 Å². The number of anilines is 1. The minimum absolute atomic E-state index is 0.305. The molecule has 0 bridgehead atoms. The third-order valence-corrected chi connectivity index (χ3v) is 5.23. The number of aliphatic hydroxyl groups excluding tert-OH is 1. The van der Waals surface area contributed by atoms with Crippen molar-refractivity contribution >= 4 is 23.2 Å². The molecule has 0 amide bonds. The Morgan fingerprint density at radius 3 is 2.46 bits per heavy atom. The average molecular weight is 401 g/mol. The first kappa shape index (κ1) is 20.5. The number of aliphatic hydroxyl groups is 1. The van der Waals surface area contributed by atoms with Crippen LogP contribution in [0.15, 0.2) is 59.6 Å². The lowest BCUT2D eigenvalue weighted by Crippen LogP contribution is -2.48. The molecule has 1 fully saturated rings. The average Bonchev–Trinajstić information content (AvgIpc) is 2.73. The molecule has 0 saturated carbocycles. The topological polar surface area (TPSA) is 59.9 Å². The predicted molar refractivity (Wildman–Crippen MR) is 117 cm³/mol. The summed E-state index contributed by atoms with van der Waals surface area (Å²) in [5.74, 6) is 0.758. The number of aliphatic imine (C=N–C) groups is 1. The number of halogens is 1. The quantitative estimate of drug-likeness (QED) is 0.512. The van der Waals surface area contributed by atoms with Crippen LogP contribution in [0.25, 0.3) is 0 Å². The lowest BCUT2D eigenvalue weighted by molar-refractivity contribution is 0.187. The first-order valence-corrected chi connectivity index (χ1v) is 10.3. The molecular formula is C22H29ClN4O. The van der Waals surface area contributed by atoms with E-state index < -0.39 is 6.10 Å². The van der Waals surface area contributed by atoms with Gasteiger partial charge in [-0.3, -0.25) is 4.99 Å². The molecule has 28 heavy (non-hydrogen) atoms. The van der Waals surface area contributed by atoms with Gasteiger partial charge in [-0.05, 0) is 49.6 Å². The summed E-state index contributed by atoms with van der Waals surface area (Å²) in [4.78, 5) is 7.00. The van der Waals surface area contributed by atoms with Crippen molar-refractivity contribution < 1.29 is 5.11 Å². The molecule has 1 saturated heterocycles. The third-order valence-electron chi connectivity index (χ3n) is 4.98. The highest BCUT2D eigenvalue weighted by molar-refractivity contribution is 6.30. The largest absolute Gasteiger partial charge is 0.386 e. The Morgan fingerprint density at radius 2 is 1.82 bits per heavy atom. The van der Waals surface area contributed by atoms with Crippen molar-refractivity contribution in [1.29, 1.82) is 0 Å². The SMILES string of the molecule is CCNC(=NCC(O)c1ccc(Cl)cc1)NC1CCN(c2ccccc2)CC1. The molecule has 2 aromatic rings. The van der Waals surface area contributed by atoms with Gasteiger partial charge < -0.3 is 20.6 Å². The van der Waals surface area contributed by atoms with Crippen LogP contribution in [-0.2, 0) is 0 Å². The molecule has 1 unspecified atom stereocenters. The molecule has 0 aliphatic carbocycles. The summed E-state index contributed by atoms with van der Waals surface area (Å²) >= 11 is 5.91. The second-order valence-corrected chi connectivity index (χ2v) is 7.46. The van der Waals surface area contributed by atoms with E-state index in [1.54, 1.807) is 12.1 Å². The zero-order valence-corrected chi connectivity index (χ0v) is 17.1. The predicted octanol–water partition coefficient (Wildman–Crippen LogP) is 3.60. The lowest BCUT2D eigenvalue weighted by atomic mass is 10.0. The minimum atomic E-state index is -0.646. The van der Waals surface area contributed by atoms with Crippen molar-refractivity contribution in [2.75, 3.05) is 31.1 Å². The van der Waals surface area contributed by atoms with Crippen LogP contribution in [0.4, 0.5) is 5.69 Å². The molecule has 0 radical (unpaired) electrons. The van der Waals surface area contributed by atoms with Gasteiger partial charge in [-0.2, -0.15) is 0 Å². The van der Waals surface area contributed by atoms with Gasteiger partial charge in [0.15, 0.2) is 5.96 Å². The number of rotatable bonds is 6.